The Morgan fingerprint density at radius 2 is 2.00 bits per heavy atom. The molecule has 2 N–H and O–H groups in total. The van der Waals surface area contributed by atoms with Crippen LogP contribution >= 0.6 is 18.9 Å². The summed E-state index contributed by atoms with van der Waals surface area (Å²) < 4.78 is 17.7. The van der Waals surface area contributed by atoms with Crippen molar-refractivity contribution in [1.82, 2.24) is 0 Å². The minimum atomic E-state index is -3.86. The summed E-state index contributed by atoms with van der Waals surface area (Å²) in [5, 5.41) is 12.4. The van der Waals surface area contributed by atoms with Gasteiger partial charge in [0, 0.05) is 6.42 Å². The van der Waals surface area contributed by atoms with E-state index in [9.17, 15) is 14.3 Å². The minimum absolute atomic E-state index is 0.0957. The van der Waals surface area contributed by atoms with Crippen LogP contribution in [-0.2, 0) is 20.0 Å². The van der Waals surface area contributed by atoms with Crippen LogP contribution in [0.1, 0.15) is 30.1 Å². The lowest BCUT2D eigenvalue weighted by Gasteiger charge is -2.20. The maximum absolute atomic E-state index is 12.3. The maximum atomic E-state index is 12.3. The van der Waals surface area contributed by atoms with Gasteiger partial charge < -0.3 is 14.5 Å². The van der Waals surface area contributed by atoms with Gasteiger partial charge in [0.05, 0.1) is 12.3 Å². The van der Waals surface area contributed by atoms with E-state index in [1.165, 1.54) is 11.3 Å². The SMILES string of the molecule is O=C(O)CCC(OP(=O)(O)Cc1ccccc1)c1ccsc1. The average Bonchev–Trinajstić information content (AvgIpc) is 2.98. The highest BCUT2D eigenvalue weighted by atomic mass is 32.1. The Hall–Kier alpha value is -1.46. The molecule has 22 heavy (non-hydrogen) atoms. The van der Waals surface area contributed by atoms with E-state index in [2.05, 4.69) is 0 Å². The molecular formula is C15H17O5PS. The standard InChI is InChI=1S/C15H17O5PS/c16-15(17)7-6-14(13-8-9-22-11-13)20-21(18,19)10-12-4-2-1-3-5-12/h1-5,8-9,11,14H,6-7,10H2,(H,16,17)(H,18,19). The first-order valence-corrected chi connectivity index (χ1v) is 9.45. The van der Waals surface area contributed by atoms with Crippen LogP contribution in [0.15, 0.2) is 47.2 Å². The lowest BCUT2D eigenvalue weighted by atomic mass is 10.1. The number of benzene rings is 1. The number of hydrogen-bond donors (Lipinski definition) is 2. The van der Waals surface area contributed by atoms with E-state index in [0.29, 0.717) is 5.56 Å². The molecule has 7 heteroatoms. The molecule has 2 aromatic rings. The van der Waals surface area contributed by atoms with E-state index >= 15 is 0 Å². The lowest BCUT2D eigenvalue weighted by Crippen LogP contribution is -2.06. The predicted molar refractivity (Wildman–Crippen MR) is 85.0 cm³/mol. The van der Waals surface area contributed by atoms with Crippen LogP contribution in [0.2, 0.25) is 0 Å². The number of thiophene rings is 1. The fourth-order valence-corrected chi connectivity index (χ4v) is 4.12. The van der Waals surface area contributed by atoms with E-state index in [1.807, 2.05) is 11.4 Å². The van der Waals surface area contributed by atoms with Crippen molar-refractivity contribution in [3.63, 3.8) is 0 Å². The summed E-state index contributed by atoms with van der Waals surface area (Å²) in [5.41, 5.74) is 1.43. The zero-order valence-electron chi connectivity index (χ0n) is 11.8. The molecule has 0 aliphatic rings. The summed E-state index contributed by atoms with van der Waals surface area (Å²) in [5.74, 6) is -0.959. The Bertz CT molecular complexity index is 641. The predicted octanol–water partition coefficient (Wildman–Crippen LogP) is 4.06. The smallest absolute Gasteiger partial charge is 0.333 e. The summed E-state index contributed by atoms with van der Waals surface area (Å²) >= 11 is 1.43. The molecule has 0 saturated carbocycles. The van der Waals surface area contributed by atoms with Crippen LogP contribution in [0.5, 0.6) is 0 Å². The molecule has 1 aromatic carbocycles. The number of carboxylic acid groups (broad SMARTS) is 1. The first kappa shape index (κ1) is 16.9. The number of hydrogen-bond acceptors (Lipinski definition) is 4. The molecule has 0 aliphatic heterocycles. The molecule has 0 saturated heterocycles. The molecular weight excluding hydrogens is 323 g/mol. The Morgan fingerprint density at radius 3 is 2.59 bits per heavy atom. The molecule has 0 spiro atoms. The van der Waals surface area contributed by atoms with Crippen molar-refractivity contribution in [1.29, 1.82) is 0 Å². The van der Waals surface area contributed by atoms with E-state index in [4.69, 9.17) is 9.63 Å². The molecule has 1 heterocycles. The second-order valence-corrected chi connectivity index (χ2v) is 7.45. The number of aliphatic carboxylic acids is 1. The normalized spacial score (nSPS) is 15.1. The fourth-order valence-electron chi connectivity index (χ4n) is 2.04. The quantitative estimate of drug-likeness (QED) is 0.708. The Kier molecular flexibility index (Phi) is 5.91. The van der Waals surface area contributed by atoms with Crippen LogP contribution in [0.3, 0.4) is 0 Å². The third-order valence-electron chi connectivity index (χ3n) is 3.05. The Morgan fingerprint density at radius 1 is 1.27 bits per heavy atom. The molecule has 0 bridgehead atoms. The van der Waals surface area contributed by atoms with E-state index in [0.717, 1.165) is 5.56 Å². The molecule has 2 atom stereocenters. The first-order chi connectivity index (χ1) is 10.5. The Balaban J connectivity index is 2.08. The first-order valence-electron chi connectivity index (χ1n) is 6.74. The van der Waals surface area contributed by atoms with Gasteiger partial charge in [-0.1, -0.05) is 30.3 Å². The second-order valence-electron chi connectivity index (χ2n) is 4.86. The summed E-state index contributed by atoms with van der Waals surface area (Å²) in [7, 11) is -3.86. The number of carboxylic acids is 1. The molecule has 5 nitrogen and oxygen atoms in total. The third kappa shape index (κ3) is 5.39. The van der Waals surface area contributed by atoms with Crippen LogP contribution < -0.4 is 0 Å². The number of carbonyl (C=O) groups is 1. The van der Waals surface area contributed by atoms with Crippen molar-refractivity contribution >= 4 is 24.9 Å². The van der Waals surface area contributed by atoms with Gasteiger partial charge in [0.15, 0.2) is 0 Å². The molecule has 0 amide bonds. The van der Waals surface area contributed by atoms with E-state index < -0.39 is 19.7 Å². The van der Waals surface area contributed by atoms with Gasteiger partial charge >= 0.3 is 13.6 Å². The fraction of sp³-hybridized carbons (Fsp3) is 0.267. The average molecular weight is 340 g/mol. The van der Waals surface area contributed by atoms with Crippen LogP contribution in [0, 0.1) is 0 Å². The zero-order valence-corrected chi connectivity index (χ0v) is 13.5. The summed E-state index contributed by atoms with van der Waals surface area (Å²) in [6.45, 7) is 0. The van der Waals surface area contributed by atoms with Gasteiger partial charge in [-0.15, -0.1) is 0 Å². The molecule has 2 rings (SSSR count). The molecule has 118 valence electrons. The zero-order chi connectivity index (χ0) is 16.0. The number of rotatable bonds is 8. The highest BCUT2D eigenvalue weighted by molar-refractivity contribution is 7.51. The van der Waals surface area contributed by atoms with Crippen LogP contribution in [-0.4, -0.2) is 16.0 Å². The van der Waals surface area contributed by atoms with Crippen molar-refractivity contribution in [2.45, 2.75) is 25.1 Å². The summed E-state index contributed by atoms with van der Waals surface area (Å²) in [6.07, 6.45) is -0.749. The summed E-state index contributed by atoms with van der Waals surface area (Å²) in [4.78, 5) is 20.8. The molecule has 0 radical (unpaired) electrons. The van der Waals surface area contributed by atoms with Crippen LogP contribution in [0.4, 0.5) is 0 Å². The topological polar surface area (TPSA) is 83.8 Å². The second kappa shape index (κ2) is 7.70. The maximum Gasteiger partial charge on any atom is 0.333 e. The van der Waals surface area contributed by atoms with E-state index in [1.54, 1.807) is 35.7 Å². The minimum Gasteiger partial charge on any atom is -0.481 e. The Labute approximate surface area is 132 Å². The van der Waals surface area contributed by atoms with Crippen molar-refractivity contribution in [3.05, 3.63) is 58.3 Å². The van der Waals surface area contributed by atoms with Gasteiger partial charge in [-0.2, -0.15) is 11.3 Å². The summed E-state index contributed by atoms with van der Waals surface area (Å²) in [6, 6.07) is 10.7. The van der Waals surface area contributed by atoms with Crippen molar-refractivity contribution in [2.24, 2.45) is 0 Å². The van der Waals surface area contributed by atoms with E-state index in [-0.39, 0.29) is 19.0 Å². The van der Waals surface area contributed by atoms with Gasteiger partial charge in [-0.25, -0.2) is 0 Å². The molecule has 0 fully saturated rings. The van der Waals surface area contributed by atoms with Gasteiger partial charge in [0.1, 0.15) is 0 Å². The molecule has 0 aliphatic carbocycles. The van der Waals surface area contributed by atoms with Crippen LogP contribution in [0.25, 0.3) is 0 Å². The van der Waals surface area contributed by atoms with Crippen molar-refractivity contribution in [2.75, 3.05) is 0 Å². The van der Waals surface area contributed by atoms with Crippen molar-refractivity contribution < 1.29 is 23.9 Å². The highest BCUT2D eigenvalue weighted by Gasteiger charge is 2.27. The van der Waals surface area contributed by atoms with Gasteiger partial charge in [-0.3, -0.25) is 9.36 Å². The highest BCUT2D eigenvalue weighted by Crippen LogP contribution is 2.50. The molecule has 1 aromatic heterocycles. The van der Waals surface area contributed by atoms with Gasteiger partial charge in [0.25, 0.3) is 0 Å². The van der Waals surface area contributed by atoms with Gasteiger partial charge in [-0.05, 0) is 34.4 Å². The van der Waals surface area contributed by atoms with Crippen molar-refractivity contribution in [3.8, 4) is 0 Å². The lowest BCUT2D eigenvalue weighted by molar-refractivity contribution is -0.137. The third-order valence-corrected chi connectivity index (χ3v) is 5.10. The van der Waals surface area contributed by atoms with Gasteiger partial charge in [0.2, 0.25) is 0 Å². The molecule has 2 unspecified atom stereocenters. The monoisotopic (exact) mass is 340 g/mol. The largest absolute Gasteiger partial charge is 0.481 e.